The van der Waals surface area contributed by atoms with Crippen molar-refractivity contribution in [2.45, 2.75) is 72.3 Å². The van der Waals surface area contributed by atoms with E-state index in [0.717, 1.165) is 12.8 Å². The fourth-order valence-electron chi connectivity index (χ4n) is 2.69. The van der Waals surface area contributed by atoms with Gasteiger partial charge in [-0.25, -0.2) is 0 Å². The van der Waals surface area contributed by atoms with Crippen molar-refractivity contribution in [3.63, 3.8) is 0 Å². The van der Waals surface area contributed by atoms with Gasteiger partial charge in [0.25, 0.3) is 0 Å². The van der Waals surface area contributed by atoms with Crippen molar-refractivity contribution in [2.24, 2.45) is 11.8 Å². The Morgan fingerprint density at radius 1 is 1.20 bits per heavy atom. The van der Waals surface area contributed by atoms with Gasteiger partial charge in [0.2, 0.25) is 12.2 Å². The van der Waals surface area contributed by atoms with E-state index >= 15 is 0 Å². The van der Waals surface area contributed by atoms with Crippen LogP contribution in [0.25, 0.3) is 0 Å². The van der Waals surface area contributed by atoms with Crippen LogP contribution in [0.3, 0.4) is 0 Å². The summed E-state index contributed by atoms with van der Waals surface area (Å²) in [7, 11) is 0. The first-order valence-corrected chi connectivity index (χ1v) is 7.52. The van der Waals surface area contributed by atoms with Gasteiger partial charge in [-0.3, -0.25) is 9.59 Å². The molecule has 0 saturated carbocycles. The average molecular weight is 285 g/mol. The van der Waals surface area contributed by atoms with Crippen molar-refractivity contribution in [1.82, 2.24) is 5.32 Å². The predicted octanol–water partition coefficient (Wildman–Crippen LogP) is 2.24. The van der Waals surface area contributed by atoms with Crippen LogP contribution < -0.4 is 5.32 Å². The third-order valence-corrected chi connectivity index (χ3v) is 4.06. The lowest BCUT2D eigenvalue weighted by Gasteiger charge is -2.44. The zero-order valence-corrected chi connectivity index (χ0v) is 13.1. The summed E-state index contributed by atoms with van der Waals surface area (Å²) in [6.07, 6.45) is 1.33. The maximum atomic E-state index is 11.7. The van der Waals surface area contributed by atoms with Crippen LogP contribution in [0.15, 0.2) is 0 Å². The number of ether oxygens (including phenoxy) is 2. The minimum atomic E-state index is -0.686. The summed E-state index contributed by atoms with van der Waals surface area (Å²) in [6, 6.07) is -0.286. The van der Waals surface area contributed by atoms with Gasteiger partial charge in [0, 0.05) is 13.3 Å². The molecular formula is C15H27NO4. The Bertz CT molecular complexity index is 345. The molecule has 1 saturated heterocycles. The predicted molar refractivity (Wildman–Crippen MR) is 75.9 cm³/mol. The standard InChI is InChI=1S/C15H27NO4/c1-6-8-13(18)20-15-14(16-11(5)17)10(4)9(3)12(7-2)19-15/h9-10,12,14-15H,6-8H2,1-5H3,(H,16,17)/t9-,10+,12?,14?,15?/m1/s1. The molecule has 0 bridgehead atoms. The molecule has 5 heteroatoms. The Kier molecular flexibility index (Phi) is 6.46. The van der Waals surface area contributed by atoms with E-state index in [1.807, 2.05) is 6.92 Å². The molecule has 0 spiro atoms. The highest BCUT2D eigenvalue weighted by atomic mass is 16.7. The van der Waals surface area contributed by atoms with Crippen molar-refractivity contribution >= 4 is 11.9 Å². The van der Waals surface area contributed by atoms with Crippen LogP contribution in [0.4, 0.5) is 0 Å². The van der Waals surface area contributed by atoms with E-state index in [4.69, 9.17) is 9.47 Å². The van der Waals surface area contributed by atoms with E-state index in [1.54, 1.807) is 0 Å². The Morgan fingerprint density at radius 2 is 1.85 bits per heavy atom. The molecule has 1 fully saturated rings. The highest BCUT2D eigenvalue weighted by molar-refractivity contribution is 5.73. The molecule has 3 unspecified atom stereocenters. The number of hydrogen-bond acceptors (Lipinski definition) is 4. The maximum Gasteiger partial charge on any atom is 0.308 e. The summed E-state index contributed by atoms with van der Waals surface area (Å²) in [5, 5.41) is 2.86. The average Bonchev–Trinajstić information content (AvgIpc) is 2.38. The van der Waals surface area contributed by atoms with Gasteiger partial charge in [-0.05, 0) is 24.7 Å². The van der Waals surface area contributed by atoms with Crippen LogP contribution in [0.5, 0.6) is 0 Å². The molecule has 0 aliphatic carbocycles. The van der Waals surface area contributed by atoms with E-state index in [2.05, 4.69) is 26.1 Å². The summed E-state index contributed by atoms with van der Waals surface area (Å²) >= 11 is 0. The monoisotopic (exact) mass is 285 g/mol. The summed E-state index contributed by atoms with van der Waals surface area (Å²) in [5.74, 6) is 0.0867. The molecule has 0 aromatic rings. The largest absolute Gasteiger partial charge is 0.433 e. The fraction of sp³-hybridized carbons (Fsp3) is 0.867. The summed E-state index contributed by atoms with van der Waals surface area (Å²) < 4.78 is 11.3. The number of nitrogens with one attached hydrogen (secondary N) is 1. The van der Waals surface area contributed by atoms with Crippen LogP contribution in [0, 0.1) is 11.8 Å². The van der Waals surface area contributed by atoms with Gasteiger partial charge in [-0.1, -0.05) is 27.7 Å². The van der Waals surface area contributed by atoms with Crippen molar-refractivity contribution in [2.75, 3.05) is 0 Å². The van der Waals surface area contributed by atoms with Crippen LogP contribution >= 0.6 is 0 Å². The first-order valence-electron chi connectivity index (χ1n) is 7.52. The first kappa shape index (κ1) is 17.0. The number of esters is 1. The van der Waals surface area contributed by atoms with E-state index in [-0.39, 0.29) is 29.9 Å². The van der Waals surface area contributed by atoms with E-state index in [9.17, 15) is 9.59 Å². The summed E-state index contributed by atoms with van der Waals surface area (Å²) in [6.45, 7) is 9.62. The van der Waals surface area contributed by atoms with Gasteiger partial charge in [-0.15, -0.1) is 0 Å². The van der Waals surface area contributed by atoms with Crippen molar-refractivity contribution in [3.8, 4) is 0 Å². The smallest absolute Gasteiger partial charge is 0.308 e. The number of carbonyl (C=O) groups excluding carboxylic acids is 2. The molecule has 116 valence electrons. The second kappa shape index (κ2) is 7.62. The molecule has 1 aliphatic heterocycles. The third kappa shape index (κ3) is 4.20. The van der Waals surface area contributed by atoms with Gasteiger partial charge in [0.05, 0.1) is 12.1 Å². The zero-order valence-electron chi connectivity index (χ0n) is 13.1. The Balaban J connectivity index is 2.83. The lowest BCUT2D eigenvalue weighted by molar-refractivity contribution is -0.233. The number of carbonyl (C=O) groups is 2. The summed E-state index contributed by atoms with van der Waals surface area (Å²) in [4.78, 5) is 23.1. The lowest BCUT2D eigenvalue weighted by atomic mass is 9.81. The number of rotatable bonds is 5. The Hall–Kier alpha value is -1.10. The quantitative estimate of drug-likeness (QED) is 0.787. The van der Waals surface area contributed by atoms with Crippen LogP contribution in [-0.2, 0) is 19.1 Å². The van der Waals surface area contributed by atoms with Crippen LogP contribution in [-0.4, -0.2) is 30.3 Å². The normalized spacial score (nSPS) is 33.5. The molecular weight excluding hydrogens is 258 g/mol. The van der Waals surface area contributed by atoms with Crippen molar-refractivity contribution < 1.29 is 19.1 Å². The summed E-state index contributed by atoms with van der Waals surface area (Å²) in [5.41, 5.74) is 0. The third-order valence-electron chi connectivity index (χ3n) is 4.06. The Labute approximate surface area is 121 Å². The van der Waals surface area contributed by atoms with E-state index < -0.39 is 6.29 Å². The van der Waals surface area contributed by atoms with Gasteiger partial charge >= 0.3 is 5.97 Å². The highest BCUT2D eigenvalue weighted by Gasteiger charge is 2.43. The molecule has 0 aromatic heterocycles. The molecule has 5 atom stereocenters. The van der Waals surface area contributed by atoms with Crippen molar-refractivity contribution in [3.05, 3.63) is 0 Å². The number of hydrogen-bond donors (Lipinski definition) is 1. The van der Waals surface area contributed by atoms with Crippen LogP contribution in [0.1, 0.15) is 53.9 Å². The highest BCUT2D eigenvalue weighted by Crippen LogP contribution is 2.33. The van der Waals surface area contributed by atoms with Gasteiger partial charge in [0.1, 0.15) is 0 Å². The zero-order chi connectivity index (χ0) is 15.3. The molecule has 0 radical (unpaired) electrons. The van der Waals surface area contributed by atoms with E-state index in [0.29, 0.717) is 12.3 Å². The molecule has 1 amide bonds. The second-order valence-electron chi connectivity index (χ2n) is 5.64. The molecule has 0 aromatic carbocycles. The molecule has 20 heavy (non-hydrogen) atoms. The second-order valence-corrected chi connectivity index (χ2v) is 5.64. The SMILES string of the molecule is CCCC(=O)OC1OC(CC)[C@H](C)[C@H](C)C1NC(C)=O. The van der Waals surface area contributed by atoms with Gasteiger partial charge < -0.3 is 14.8 Å². The van der Waals surface area contributed by atoms with Crippen LogP contribution in [0.2, 0.25) is 0 Å². The topological polar surface area (TPSA) is 64.6 Å². The molecule has 1 aliphatic rings. The maximum absolute atomic E-state index is 11.7. The molecule has 1 heterocycles. The Morgan fingerprint density at radius 3 is 2.35 bits per heavy atom. The van der Waals surface area contributed by atoms with E-state index in [1.165, 1.54) is 6.92 Å². The van der Waals surface area contributed by atoms with Gasteiger partial charge in [0.15, 0.2) is 0 Å². The fourth-order valence-corrected chi connectivity index (χ4v) is 2.69. The lowest BCUT2D eigenvalue weighted by Crippen LogP contribution is -2.57. The van der Waals surface area contributed by atoms with Crippen molar-refractivity contribution in [1.29, 1.82) is 0 Å². The molecule has 1 N–H and O–H groups in total. The minimum Gasteiger partial charge on any atom is -0.433 e. The molecule has 5 nitrogen and oxygen atoms in total. The number of amides is 1. The first-order chi connectivity index (χ1) is 9.40. The molecule has 1 rings (SSSR count). The van der Waals surface area contributed by atoms with Gasteiger partial charge in [-0.2, -0.15) is 0 Å². The minimum absolute atomic E-state index is 0.0504.